The zero-order chi connectivity index (χ0) is 11.9. The summed E-state index contributed by atoms with van der Waals surface area (Å²) in [6.45, 7) is 4.16. The fourth-order valence-corrected chi connectivity index (χ4v) is 2.93. The first-order chi connectivity index (χ1) is 7.44. The Bertz CT molecular complexity index is 420. The van der Waals surface area contributed by atoms with Crippen LogP contribution in [0.3, 0.4) is 0 Å². The molecule has 88 valence electrons. The van der Waals surface area contributed by atoms with Crippen LogP contribution in [0.15, 0.2) is 16.6 Å². The molecule has 1 aliphatic heterocycles. The van der Waals surface area contributed by atoms with E-state index < -0.39 is 0 Å². The molecule has 4 heteroatoms. The lowest BCUT2D eigenvalue weighted by molar-refractivity contribution is 0.0673. The lowest BCUT2D eigenvalue weighted by atomic mass is 9.90. The highest BCUT2D eigenvalue weighted by molar-refractivity contribution is 9.10. The first kappa shape index (κ1) is 12.2. The maximum absolute atomic E-state index is 6.19. The Labute approximate surface area is 109 Å². The first-order valence-corrected chi connectivity index (χ1v) is 6.46. The minimum absolute atomic E-state index is 0.189. The van der Waals surface area contributed by atoms with E-state index in [4.69, 9.17) is 16.3 Å². The average Bonchev–Trinajstić information content (AvgIpc) is 2.21. The van der Waals surface area contributed by atoms with Crippen LogP contribution >= 0.6 is 27.5 Å². The van der Waals surface area contributed by atoms with Crippen LogP contribution in [0, 0.1) is 0 Å². The number of hydrogen-bond acceptors (Lipinski definition) is 2. The van der Waals surface area contributed by atoms with Gasteiger partial charge in [0, 0.05) is 22.5 Å². The van der Waals surface area contributed by atoms with Gasteiger partial charge in [0.1, 0.15) is 11.4 Å². The van der Waals surface area contributed by atoms with Gasteiger partial charge in [-0.1, -0.05) is 27.5 Å². The summed E-state index contributed by atoms with van der Waals surface area (Å²) in [5.41, 5.74) is 0.930. The van der Waals surface area contributed by atoms with Crippen LogP contribution in [-0.2, 0) is 0 Å². The van der Waals surface area contributed by atoms with Gasteiger partial charge in [0.15, 0.2) is 0 Å². The second-order valence-corrected chi connectivity index (χ2v) is 5.94. The van der Waals surface area contributed by atoms with Crippen LogP contribution in [0.4, 0.5) is 0 Å². The lowest BCUT2D eigenvalue weighted by Gasteiger charge is -2.38. The molecule has 0 radical (unpaired) electrons. The number of ether oxygens (including phenoxy) is 1. The molecule has 0 fully saturated rings. The van der Waals surface area contributed by atoms with E-state index in [2.05, 4.69) is 35.1 Å². The Hall–Kier alpha value is -0.250. The predicted molar refractivity (Wildman–Crippen MR) is 70.3 cm³/mol. The van der Waals surface area contributed by atoms with Crippen molar-refractivity contribution in [3.63, 3.8) is 0 Å². The van der Waals surface area contributed by atoms with E-state index in [0.717, 1.165) is 22.2 Å². The van der Waals surface area contributed by atoms with Gasteiger partial charge in [0.2, 0.25) is 0 Å². The Kier molecular flexibility index (Phi) is 3.21. The Morgan fingerprint density at radius 1 is 1.50 bits per heavy atom. The van der Waals surface area contributed by atoms with Crippen LogP contribution in [0.5, 0.6) is 5.75 Å². The molecule has 0 amide bonds. The van der Waals surface area contributed by atoms with Crippen molar-refractivity contribution in [3.05, 3.63) is 27.2 Å². The number of nitrogens with one attached hydrogen (secondary N) is 1. The second-order valence-electron chi connectivity index (χ2n) is 4.68. The standard InChI is InChI=1S/C12H15BrClNO/c1-12(2)6-9(15-3)10-7(13)4-5-8(14)11(10)16-12/h4-5,9,15H,6H2,1-3H3. The molecule has 1 atom stereocenters. The summed E-state index contributed by atoms with van der Waals surface area (Å²) in [6.07, 6.45) is 0.926. The van der Waals surface area contributed by atoms with Gasteiger partial charge < -0.3 is 10.1 Å². The SMILES string of the molecule is CNC1CC(C)(C)Oc2c(Cl)ccc(Br)c21. The summed E-state index contributed by atoms with van der Waals surface area (Å²) in [4.78, 5) is 0. The number of hydrogen-bond donors (Lipinski definition) is 1. The maximum Gasteiger partial charge on any atom is 0.144 e. The van der Waals surface area contributed by atoms with Gasteiger partial charge in [-0.15, -0.1) is 0 Å². The van der Waals surface area contributed by atoms with Crippen molar-refractivity contribution in [3.8, 4) is 5.75 Å². The van der Waals surface area contributed by atoms with E-state index in [1.807, 2.05) is 19.2 Å². The number of halogens is 2. The fraction of sp³-hybridized carbons (Fsp3) is 0.500. The molecule has 0 saturated heterocycles. The Morgan fingerprint density at radius 3 is 2.81 bits per heavy atom. The molecule has 1 unspecified atom stereocenters. The van der Waals surface area contributed by atoms with Crippen molar-refractivity contribution in [2.24, 2.45) is 0 Å². The van der Waals surface area contributed by atoms with E-state index in [1.165, 1.54) is 0 Å². The van der Waals surface area contributed by atoms with Crippen molar-refractivity contribution >= 4 is 27.5 Å². The molecule has 0 spiro atoms. The second kappa shape index (κ2) is 4.21. The molecule has 0 aromatic heterocycles. The number of rotatable bonds is 1. The molecule has 2 rings (SSSR count). The van der Waals surface area contributed by atoms with E-state index in [9.17, 15) is 0 Å². The molecule has 0 bridgehead atoms. The Morgan fingerprint density at radius 2 is 2.19 bits per heavy atom. The lowest BCUT2D eigenvalue weighted by Crippen LogP contribution is -2.38. The molecule has 1 aromatic rings. The summed E-state index contributed by atoms with van der Waals surface area (Å²) >= 11 is 9.75. The summed E-state index contributed by atoms with van der Waals surface area (Å²) < 4.78 is 7.00. The summed E-state index contributed by atoms with van der Waals surface area (Å²) in [5.74, 6) is 0.798. The largest absolute Gasteiger partial charge is 0.486 e. The first-order valence-electron chi connectivity index (χ1n) is 5.29. The van der Waals surface area contributed by atoms with Crippen LogP contribution in [0.1, 0.15) is 31.9 Å². The zero-order valence-corrected chi connectivity index (χ0v) is 11.9. The molecule has 16 heavy (non-hydrogen) atoms. The molecule has 1 N–H and O–H groups in total. The molecule has 1 aliphatic rings. The summed E-state index contributed by atoms with van der Waals surface area (Å²) in [5, 5.41) is 3.99. The van der Waals surface area contributed by atoms with E-state index in [1.54, 1.807) is 0 Å². The molecule has 2 nitrogen and oxygen atoms in total. The minimum Gasteiger partial charge on any atom is -0.486 e. The zero-order valence-electron chi connectivity index (χ0n) is 9.60. The van der Waals surface area contributed by atoms with Crippen LogP contribution in [0.2, 0.25) is 5.02 Å². The third kappa shape index (κ3) is 2.08. The predicted octanol–water partition coefficient (Wildman–Crippen LogP) is 3.92. The van der Waals surface area contributed by atoms with E-state index in [-0.39, 0.29) is 11.6 Å². The molecular formula is C12H15BrClNO. The van der Waals surface area contributed by atoms with Crippen LogP contribution < -0.4 is 10.1 Å². The quantitative estimate of drug-likeness (QED) is 0.849. The van der Waals surface area contributed by atoms with E-state index in [0.29, 0.717) is 5.02 Å². The molecule has 0 aliphatic carbocycles. The van der Waals surface area contributed by atoms with Gasteiger partial charge in [-0.2, -0.15) is 0 Å². The van der Waals surface area contributed by atoms with Crippen molar-refractivity contribution < 1.29 is 4.74 Å². The van der Waals surface area contributed by atoms with Crippen molar-refractivity contribution in [1.29, 1.82) is 0 Å². The average molecular weight is 305 g/mol. The minimum atomic E-state index is -0.189. The molecule has 0 saturated carbocycles. The highest BCUT2D eigenvalue weighted by atomic mass is 79.9. The highest BCUT2D eigenvalue weighted by Crippen LogP contribution is 2.46. The van der Waals surface area contributed by atoms with Gasteiger partial charge >= 0.3 is 0 Å². The van der Waals surface area contributed by atoms with Crippen LogP contribution in [0.25, 0.3) is 0 Å². The van der Waals surface area contributed by atoms with E-state index >= 15 is 0 Å². The third-order valence-corrected chi connectivity index (χ3v) is 3.85. The van der Waals surface area contributed by atoms with Gasteiger partial charge in [-0.05, 0) is 33.0 Å². The number of fused-ring (bicyclic) bond motifs is 1. The monoisotopic (exact) mass is 303 g/mol. The molecule has 1 heterocycles. The van der Waals surface area contributed by atoms with Gasteiger partial charge in [0.05, 0.1) is 5.02 Å². The normalized spacial score (nSPS) is 22.4. The van der Waals surface area contributed by atoms with Gasteiger partial charge in [-0.25, -0.2) is 0 Å². The smallest absolute Gasteiger partial charge is 0.144 e. The van der Waals surface area contributed by atoms with Crippen molar-refractivity contribution in [2.45, 2.75) is 31.9 Å². The topological polar surface area (TPSA) is 21.3 Å². The highest BCUT2D eigenvalue weighted by Gasteiger charge is 2.35. The van der Waals surface area contributed by atoms with Gasteiger partial charge in [-0.3, -0.25) is 0 Å². The van der Waals surface area contributed by atoms with Crippen LogP contribution in [-0.4, -0.2) is 12.6 Å². The molecular weight excluding hydrogens is 289 g/mol. The molecule has 1 aromatic carbocycles. The summed E-state index contributed by atoms with van der Waals surface area (Å²) in [7, 11) is 1.96. The fourth-order valence-electron chi connectivity index (χ4n) is 2.14. The maximum atomic E-state index is 6.19. The number of benzene rings is 1. The van der Waals surface area contributed by atoms with Gasteiger partial charge in [0.25, 0.3) is 0 Å². The van der Waals surface area contributed by atoms with Crippen molar-refractivity contribution in [2.75, 3.05) is 7.05 Å². The van der Waals surface area contributed by atoms with Crippen molar-refractivity contribution in [1.82, 2.24) is 5.32 Å². The third-order valence-electron chi connectivity index (χ3n) is 2.87. The summed E-state index contributed by atoms with van der Waals surface area (Å²) in [6, 6.07) is 4.10. The Balaban J connectivity index is 2.58.